The van der Waals surface area contributed by atoms with Crippen molar-refractivity contribution in [3.8, 4) is 0 Å². The number of thiophene rings is 1. The van der Waals surface area contributed by atoms with Gasteiger partial charge in [0, 0.05) is 16.4 Å². The standard InChI is InChI=1S/C8H7Br2N3S/c9-3-6-4-13(12-11-6)5-7-1-2-8(10)14-7/h1-2,4H,3,5H2. The summed E-state index contributed by atoms with van der Waals surface area (Å²) in [7, 11) is 0. The Morgan fingerprint density at radius 3 is 2.86 bits per heavy atom. The lowest BCUT2D eigenvalue weighted by atomic mass is 10.4. The van der Waals surface area contributed by atoms with E-state index in [2.05, 4.69) is 48.2 Å². The molecule has 2 heterocycles. The second-order valence-corrected chi connectivity index (χ2v) is 5.86. The molecule has 0 aliphatic carbocycles. The molecule has 0 saturated heterocycles. The fraction of sp³-hybridized carbons (Fsp3) is 0.250. The molecule has 3 nitrogen and oxygen atoms in total. The van der Waals surface area contributed by atoms with Gasteiger partial charge in [0.05, 0.1) is 16.0 Å². The van der Waals surface area contributed by atoms with Gasteiger partial charge in [0.15, 0.2) is 0 Å². The van der Waals surface area contributed by atoms with Crippen LogP contribution in [0.5, 0.6) is 0 Å². The number of hydrogen-bond donors (Lipinski definition) is 0. The third kappa shape index (κ3) is 2.43. The normalized spacial score (nSPS) is 10.7. The molecule has 0 spiro atoms. The molecule has 0 atom stereocenters. The third-order valence-electron chi connectivity index (χ3n) is 1.67. The Hall–Kier alpha value is -0.200. The van der Waals surface area contributed by atoms with Crippen molar-refractivity contribution in [2.45, 2.75) is 11.9 Å². The topological polar surface area (TPSA) is 30.7 Å². The van der Waals surface area contributed by atoms with Gasteiger partial charge in [0.25, 0.3) is 0 Å². The van der Waals surface area contributed by atoms with Crippen molar-refractivity contribution >= 4 is 43.2 Å². The highest BCUT2D eigenvalue weighted by Gasteiger charge is 2.02. The Labute approximate surface area is 102 Å². The summed E-state index contributed by atoms with van der Waals surface area (Å²) in [5, 5.41) is 8.77. The number of alkyl halides is 1. The number of aromatic nitrogens is 3. The van der Waals surface area contributed by atoms with Gasteiger partial charge in [-0.2, -0.15) is 0 Å². The van der Waals surface area contributed by atoms with Crippen LogP contribution in [0.25, 0.3) is 0 Å². The molecular weight excluding hydrogens is 330 g/mol. The van der Waals surface area contributed by atoms with Gasteiger partial charge in [0.2, 0.25) is 0 Å². The van der Waals surface area contributed by atoms with Crippen LogP contribution in [0.4, 0.5) is 0 Å². The van der Waals surface area contributed by atoms with Crippen molar-refractivity contribution in [3.05, 3.63) is 32.7 Å². The Kier molecular flexibility index (Phi) is 3.35. The lowest BCUT2D eigenvalue weighted by molar-refractivity contribution is 0.655. The van der Waals surface area contributed by atoms with E-state index >= 15 is 0 Å². The molecule has 6 heteroatoms. The summed E-state index contributed by atoms with van der Waals surface area (Å²) in [5.74, 6) is 0. The van der Waals surface area contributed by atoms with E-state index in [1.807, 2.05) is 16.9 Å². The predicted molar refractivity (Wildman–Crippen MR) is 63.8 cm³/mol. The molecule has 2 rings (SSSR count). The van der Waals surface area contributed by atoms with Crippen molar-refractivity contribution in [1.82, 2.24) is 15.0 Å². The highest BCUT2D eigenvalue weighted by molar-refractivity contribution is 9.11. The van der Waals surface area contributed by atoms with Crippen molar-refractivity contribution in [2.75, 3.05) is 0 Å². The molecule has 0 aliphatic heterocycles. The number of rotatable bonds is 3. The van der Waals surface area contributed by atoms with Gasteiger partial charge in [-0.3, -0.25) is 0 Å². The van der Waals surface area contributed by atoms with Crippen molar-refractivity contribution in [3.63, 3.8) is 0 Å². The van der Waals surface area contributed by atoms with E-state index in [1.165, 1.54) is 4.88 Å². The van der Waals surface area contributed by atoms with Crippen molar-refractivity contribution < 1.29 is 0 Å². The maximum absolute atomic E-state index is 4.02. The fourth-order valence-electron chi connectivity index (χ4n) is 1.07. The zero-order chi connectivity index (χ0) is 9.97. The molecule has 0 amide bonds. The van der Waals surface area contributed by atoms with Crippen molar-refractivity contribution in [2.24, 2.45) is 0 Å². The highest BCUT2D eigenvalue weighted by Crippen LogP contribution is 2.22. The molecule has 0 fully saturated rings. The molecule has 0 saturated carbocycles. The number of nitrogens with zero attached hydrogens (tertiary/aromatic N) is 3. The molecule has 0 aliphatic rings. The lowest BCUT2D eigenvalue weighted by Crippen LogP contribution is -1.97. The van der Waals surface area contributed by atoms with E-state index in [4.69, 9.17) is 0 Å². The molecule has 0 radical (unpaired) electrons. The summed E-state index contributed by atoms with van der Waals surface area (Å²) < 4.78 is 2.99. The van der Waals surface area contributed by atoms with E-state index in [0.29, 0.717) is 0 Å². The molecule has 74 valence electrons. The second-order valence-electron chi connectivity index (χ2n) is 2.75. The van der Waals surface area contributed by atoms with Gasteiger partial charge < -0.3 is 0 Å². The zero-order valence-electron chi connectivity index (χ0n) is 7.15. The first-order valence-corrected chi connectivity index (χ1v) is 6.70. The quantitative estimate of drug-likeness (QED) is 0.806. The van der Waals surface area contributed by atoms with Gasteiger partial charge >= 0.3 is 0 Å². The Bertz CT molecular complexity index is 424. The molecule has 14 heavy (non-hydrogen) atoms. The van der Waals surface area contributed by atoms with Crippen LogP contribution in [0.1, 0.15) is 10.6 Å². The number of hydrogen-bond acceptors (Lipinski definition) is 3. The summed E-state index contributed by atoms with van der Waals surface area (Å²) >= 11 is 8.49. The SMILES string of the molecule is BrCc1cn(Cc2ccc(Br)s2)nn1. The first-order valence-electron chi connectivity index (χ1n) is 3.97. The van der Waals surface area contributed by atoms with Gasteiger partial charge in [-0.1, -0.05) is 21.1 Å². The molecule has 0 bridgehead atoms. The predicted octanol–water partition coefficient (Wildman–Crippen LogP) is 3.05. The Balaban J connectivity index is 2.10. The van der Waals surface area contributed by atoms with E-state index in [1.54, 1.807) is 11.3 Å². The largest absolute Gasteiger partial charge is 0.247 e. The van der Waals surface area contributed by atoms with E-state index < -0.39 is 0 Å². The van der Waals surface area contributed by atoms with E-state index in [0.717, 1.165) is 21.4 Å². The second kappa shape index (κ2) is 4.55. The summed E-state index contributed by atoms with van der Waals surface area (Å²) in [5.41, 5.74) is 0.959. The summed E-state index contributed by atoms with van der Waals surface area (Å²) in [6.45, 7) is 0.788. The van der Waals surface area contributed by atoms with Crippen LogP contribution >= 0.6 is 43.2 Å². The van der Waals surface area contributed by atoms with Crippen LogP contribution in [0.15, 0.2) is 22.1 Å². The first-order chi connectivity index (χ1) is 6.78. The molecule has 2 aromatic heterocycles. The zero-order valence-corrected chi connectivity index (χ0v) is 11.1. The molecule has 0 N–H and O–H groups in total. The van der Waals surface area contributed by atoms with Crippen LogP contribution < -0.4 is 0 Å². The highest BCUT2D eigenvalue weighted by atomic mass is 79.9. The molecule has 2 aromatic rings. The van der Waals surface area contributed by atoms with Crippen LogP contribution in [0.3, 0.4) is 0 Å². The molecule has 0 aromatic carbocycles. The van der Waals surface area contributed by atoms with E-state index in [9.17, 15) is 0 Å². The summed E-state index contributed by atoms with van der Waals surface area (Å²) in [4.78, 5) is 1.27. The average Bonchev–Trinajstić information content (AvgIpc) is 2.76. The molecule has 0 unspecified atom stereocenters. The monoisotopic (exact) mass is 335 g/mol. The van der Waals surface area contributed by atoms with Gasteiger partial charge in [-0.25, -0.2) is 4.68 Å². The summed E-state index contributed by atoms with van der Waals surface area (Å²) in [6.07, 6.45) is 1.95. The van der Waals surface area contributed by atoms with E-state index in [-0.39, 0.29) is 0 Å². The minimum absolute atomic E-state index is 0.751. The molecular formula is C8H7Br2N3S. The van der Waals surface area contributed by atoms with Gasteiger partial charge in [-0.15, -0.1) is 16.4 Å². The minimum atomic E-state index is 0.751. The van der Waals surface area contributed by atoms with Crippen LogP contribution in [0.2, 0.25) is 0 Å². The van der Waals surface area contributed by atoms with Crippen LogP contribution in [-0.2, 0) is 11.9 Å². The lowest BCUT2D eigenvalue weighted by Gasteiger charge is -1.94. The van der Waals surface area contributed by atoms with Crippen molar-refractivity contribution in [1.29, 1.82) is 0 Å². The fourth-order valence-corrected chi connectivity index (χ4v) is 2.81. The maximum Gasteiger partial charge on any atom is 0.0932 e. The smallest absolute Gasteiger partial charge is 0.0932 e. The van der Waals surface area contributed by atoms with Crippen LogP contribution in [0, 0.1) is 0 Å². The average molecular weight is 337 g/mol. The first kappa shape index (κ1) is 10.3. The van der Waals surface area contributed by atoms with Gasteiger partial charge in [0.1, 0.15) is 0 Å². The van der Waals surface area contributed by atoms with Gasteiger partial charge in [-0.05, 0) is 28.1 Å². The Morgan fingerprint density at radius 2 is 2.29 bits per heavy atom. The minimum Gasteiger partial charge on any atom is -0.247 e. The number of halogens is 2. The summed E-state index contributed by atoms with van der Waals surface area (Å²) in [6, 6.07) is 4.13. The third-order valence-corrected chi connectivity index (χ3v) is 3.85. The van der Waals surface area contributed by atoms with Crippen LogP contribution in [-0.4, -0.2) is 15.0 Å². The Morgan fingerprint density at radius 1 is 1.43 bits per heavy atom. The maximum atomic E-state index is 4.02.